The molecule has 2 nitrogen and oxygen atoms in total. The van der Waals surface area contributed by atoms with Crippen LogP contribution in [0.25, 0.3) is 0 Å². The van der Waals surface area contributed by atoms with Crippen LogP contribution < -0.4 is 4.74 Å². The minimum absolute atomic E-state index is 0.577. The van der Waals surface area contributed by atoms with Gasteiger partial charge >= 0.3 is 0 Å². The molecular formula is C24H38O2. The molecular weight excluding hydrogens is 320 g/mol. The first-order valence-electron chi connectivity index (χ1n) is 11.1. The van der Waals surface area contributed by atoms with Gasteiger partial charge in [-0.05, 0) is 43.2 Å². The highest BCUT2D eigenvalue weighted by atomic mass is 16.5. The van der Waals surface area contributed by atoms with Crippen LogP contribution in [0.3, 0.4) is 0 Å². The molecule has 2 heteroatoms. The fourth-order valence-electron chi connectivity index (χ4n) is 4.44. The molecule has 2 rings (SSSR count). The molecule has 0 atom stereocenters. The summed E-state index contributed by atoms with van der Waals surface area (Å²) in [5, 5.41) is 0. The summed E-state index contributed by atoms with van der Waals surface area (Å²) in [7, 11) is 0. The Morgan fingerprint density at radius 2 is 1.58 bits per heavy atom. The lowest BCUT2D eigenvalue weighted by Crippen LogP contribution is -2.10. The zero-order chi connectivity index (χ0) is 18.5. The Labute approximate surface area is 160 Å². The molecule has 0 aliphatic heterocycles. The number of ether oxygens (including phenoxy) is 1. The van der Waals surface area contributed by atoms with Crippen molar-refractivity contribution in [3.63, 3.8) is 0 Å². The first-order chi connectivity index (χ1) is 12.9. The van der Waals surface area contributed by atoms with Crippen molar-refractivity contribution in [2.24, 2.45) is 0 Å². The summed E-state index contributed by atoms with van der Waals surface area (Å²) in [6.07, 6.45) is 19.8. The van der Waals surface area contributed by atoms with Crippen molar-refractivity contribution in [1.82, 2.24) is 0 Å². The molecule has 1 aliphatic rings. The van der Waals surface area contributed by atoms with Gasteiger partial charge < -0.3 is 4.74 Å². The summed E-state index contributed by atoms with van der Waals surface area (Å²) < 4.78 is 5.34. The van der Waals surface area contributed by atoms with Crippen LogP contribution in [-0.2, 0) is 11.2 Å². The van der Waals surface area contributed by atoms with Crippen molar-refractivity contribution in [1.29, 1.82) is 0 Å². The van der Waals surface area contributed by atoms with Gasteiger partial charge in [-0.25, -0.2) is 0 Å². The highest BCUT2D eigenvalue weighted by Gasteiger charge is 2.22. The molecule has 0 N–H and O–H groups in total. The van der Waals surface area contributed by atoms with Gasteiger partial charge in [0.15, 0.2) is 0 Å². The lowest BCUT2D eigenvalue weighted by Gasteiger charge is -2.26. The van der Waals surface area contributed by atoms with E-state index in [0.717, 1.165) is 12.2 Å². The zero-order valence-electron chi connectivity index (χ0n) is 16.8. The van der Waals surface area contributed by atoms with Gasteiger partial charge in [-0.15, -0.1) is 0 Å². The molecule has 0 spiro atoms. The van der Waals surface area contributed by atoms with E-state index in [1.807, 2.05) is 12.1 Å². The lowest BCUT2D eigenvalue weighted by molar-refractivity contribution is -0.120. The Hall–Kier alpha value is -1.31. The quantitative estimate of drug-likeness (QED) is 0.272. The lowest BCUT2D eigenvalue weighted by atomic mass is 9.80. The molecule has 26 heavy (non-hydrogen) atoms. The number of hydrogen-bond acceptors (Lipinski definition) is 2. The van der Waals surface area contributed by atoms with Crippen LogP contribution in [0.4, 0.5) is 0 Å². The van der Waals surface area contributed by atoms with Crippen molar-refractivity contribution in [3.05, 3.63) is 29.3 Å². The van der Waals surface area contributed by atoms with E-state index in [-0.39, 0.29) is 0 Å². The van der Waals surface area contributed by atoms with Crippen LogP contribution in [0.15, 0.2) is 18.2 Å². The molecule has 0 unspecified atom stereocenters. The van der Waals surface area contributed by atoms with Crippen molar-refractivity contribution >= 4 is 6.47 Å². The predicted octanol–water partition coefficient (Wildman–Crippen LogP) is 7.34. The maximum atomic E-state index is 10.9. The van der Waals surface area contributed by atoms with Crippen LogP contribution >= 0.6 is 0 Å². The van der Waals surface area contributed by atoms with Crippen LogP contribution in [-0.4, -0.2) is 6.47 Å². The Morgan fingerprint density at radius 1 is 0.923 bits per heavy atom. The molecule has 1 aromatic rings. The van der Waals surface area contributed by atoms with Crippen molar-refractivity contribution in [2.75, 3.05) is 0 Å². The van der Waals surface area contributed by atoms with Gasteiger partial charge in [-0.3, -0.25) is 4.79 Å². The summed E-state index contributed by atoms with van der Waals surface area (Å²) in [6, 6.07) is 6.28. The molecule has 0 radical (unpaired) electrons. The van der Waals surface area contributed by atoms with Gasteiger partial charge in [0.05, 0.1) is 0 Å². The van der Waals surface area contributed by atoms with E-state index < -0.39 is 0 Å². The molecule has 1 aromatic carbocycles. The Bertz CT molecular complexity index is 503. The molecule has 0 heterocycles. The van der Waals surface area contributed by atoms with Crippen molar-refractivity contribution in [2.45, 2.75) is 109 Å². The number of aryl methyl sites for hydroxylation is 1. The summed E-state index contributed by atoms with van der Waals surface area (Å²) in [4.78, 5) is 10.9. The van der Waals surface area contributed by atoms with Crippen molar-refractivity contribution < 1.29 is 9.53 Å². The predicted molar refractivity (Wildman–Crippen MR) is 110 cm³/mol. The van der Waals surface area contributed by atoms with Gasteiger partial charge in [0.2, 0.25) is 0 Å². The Kier molecular flexibility index (Phi) is 10.5. The van der Waals surface area contributed by atoms with E-state index in [1.54, 1.807) is 0 Å². The number of carbonyl (C=O) groups is 1. The molecule has 1 saturated carbocycles. The van der Waals surface area contributed by atoms with Gasteiger partial charge in [-0.1, -0.05) is 89.7 Å². The Morgan fingerprint density at radius 3 is 2.23 bits per heavy atom. The van der Waals surface area contributed by atoms with Crippen LogP contribution in [0.5, 0.6) is 5.75 Å². The largest absolute Gasteiger partial charge is 0.428 e. The number of rotatable bonds is 13. The third-order valence-corrected chi connectivity index (χ3v) is 5.89. The third-order valence-electron chi connectivity index (χ3n) is 5.89. The fourth-order valence-corrected chi connectivity index (χ4v) is 4.44. The highest BCUT2D eigenvalue weighted by molar-refractivity contribution is 5.51. The normalized spacial score (nSPS) is 15.1. The summed E-state index contributed by atoms with van der Waals surface area (Å²) >= 11 is 0. The smallest absolute Gasteiger partial charge is 0.298 e. The first kappa shape index (κ1) is 21.0. The number of benzene rings is 1. The highest BCUT2D eigenvalue weighted by Crippen LogP contribution is 2.40. The molecule has 0 bridgehead atoms. The van der Waals surface area contributed by atoms with Gasteiger partial charge in [0, 0.05) is 5.56 Å². The summed E-state index contributed by atoms with van der Waals surface area (Å²) in [5.74, 6) is 1.38. The average Bonchev–Trinajstić information content (AvgIpc) is 2.68. The molecule has 146 valence electrons. The maximum absolute atomic E-state index is 10.9. The van der Waals surface area contributed by atoms with Crippen LogP contribution in [0, 0.1) is 0 Å². The number of unbranched alkanes of at least 4 members (excludes halogenated alkanes) is 8. The summed E-state index contributed by atoms with van der Waals surface area (Å²) in [5.41, 5.74) is 2.75. The minimum Gasteiger partial charge on any atom is -0.428 e. The molecule has 1 aliphatic carbocycles. The van der Waals surface area contributed by atoms with E-state index in [2.05, 4.69) is 13.0 Å². The molecule has 1 fully saturated rings. The van der Waals surface area contributed by atoms with E-state index in [4.69, 9.17) is 4.74 Å². The maximum Gasteiger partial charge on any atom is 0.298 e. The Balaban J connectivity index is 1.82. The zero-order valence-corrected chi connectivity index (χ0v) is 16.8. The molecule has 0 aromatic heterocycles. The van der Waals surface area contributed by atoms with E-state index in [0.29, 0.717) is 12.4 Å². The van der Waals surface area contributed by atoms with Gasteiger partial charge in [-0.2, -0.15) is 0 Å². The third kappa shape index (κ3) is 7.13. The van der Waals surface area contributed by atoms with E-state index in [1.165, 1.54) is 101 Å². The van der Waals surface area contributed by atoms with Gasteiger partial charge in [0.1, 0.15) is 5.75 Å². The monoisotopic (exact) mass is 358 g/mol. The second kappa shape index (κ2) is 12.9. The minimum atomic E-state index is 0.577. The summed E-state index contributed by atoms with van der Waals surface area (Å²) in [6.45, 7) is 2.86. The fraction of sp³-hybridized carbons (Fsp3) is 0.708. The second-order valence-electron chi connectivity index (χ2n) is 7.96. The molecule has 0 amide bonds. The SMILES string of the molecule is CCCCCCCCCCCc1cccc(OC=O)c1C1CCCCC1. The first-order valence-corrected chi connectivity index (χ1v) is 11.1. The van der Waals surface area contributed by atoms with E-state index in [9.17, 15) is 4.79 Å². The second-order valence-corrected chi connectivity index (χ2v) is 7.96. The average molecular weight is 359 g/mol. The van der Waals surface area contributed by atoms with Crippen LogP contribution in [0.1, 0.15) is 114 Å². The van der Waals surface area contributed by atoms with E-state index >= 15 is 0 Å². The van der Waals surface area contributed by atoms with Crippen molar-refractivity contribution in [3.8, 4) is 5.75 Å². The standard InChI is InChI=1S/C24H38O2/c1-2-3-4-5-6-7-8-9-11-15-22-18-14-19-23(26-20-25)24(22)21-16-12-10-13-17-21/h14,18-21H,2-13,15-17H2,1H3. The molecule has 0 saturated heterocycles. The van der Waals surface area contributed by atoms with Crippen LogP contribution in [0.2, 0.25) is 0 Å². The van der Waals surface area contributed by atoms with Gasteiger partial charge in [0.25, 0.3) is 6.47 Å². The number of hydrogen-bond donors (Lipinski definition) is 0. The topological polar surface area (TPSA) is 26.3 Å². The number of carbonyl (C=O) groups excluding carboxylic acids is 1.